The van der Waals surface area contributed by atoms with E-state index in [0.29, 0.717) is 0 Å². The molecule has 5 nitrogen and oxygen atoms in total. The van der Waals surface area contributed by atoms with E-state index in [9.17, 15) is 31.9 Å². The van der Waals surface area contributed by atoms with Gasteiger partial charge in [0.15, 0.2) is 6.79 Å². The average molecular weight is 374 g/mol. The first kappa shape index (κ1) is 20.1. The Balaban J connectivity index is 2.08. The zero-order valence-electron chi connectivity index (χ0n) is 13.5. The van der Waals surface area contributed by atoms with Crippen molar-refractivity contribution in [2.75, 3.05) is 13.4 Å². The lowest BCUT2D eigenvalue weighted by atomic mass is 9.72. The van der Waals surface area contributed by atoms with Gasteiger partial charge in [0.2, 0.25) is 0 Å². The van der Waals surface area contributed by atoms with Gasteiger partial charge in [-0.2, -0.15) is 22.0 Å². The van der Waals surface area contributed by atoms with Crippen molar-refractivity contribution in [1.82, 2.24) is 0 Å². The van der Waals surface area contributed by atoms with E-state index in [4.69, 9.17) is 9.47 Å². The molecule has 1 aliphatic heterocycles. The van der Waals surface area contributed by atoms with Gasteiger partial charge >= 0.3 is 23.9 Å². The molecule has 1 heterocycles. The second-order valence-corrected chi connectivity index (χ2v) is 6.44. The van der Waals surface area contributed by atoms with Crippen molar-refractivity contribution in [1.29, 1.82) is 0 Å². The van der Waals surface area contributed by atoms with Crippen LogP contribution in [-0.4, -0.2) is 48.0 Å². The van der Waals surface area contributed by atoms with E-state index in [1.807, 2.05) is 0 Å². The van der Waals surface area contributed by atoms with Crippen molar-refractivity contribution in [3.8, 4) is 0 Å². The number of rotatable bonds is 3. The Morgan fingerprint density at radius 1 is 1.28 bits per heavy atom. The summed E-state index contributed by atoms with van der Waals surface area (Å²) in [4.78, 5) is 11.3. The van der Waals surface area contributed by atoms with Crippen molar-refractivity contribution < 1.29 is 46.1 Å². The van der Waals surface area contributed by atoms with Gasteiger partial charge in [0, 0.05) is 5.57 Å². The highest BCUT2D eigenvalue weighted by molar-refractivity contribution is 5.86. The normalized spacial score (nSPS) is 35.4. The van der Waals surface area contributed by atoms with Crippen molar-refractivity contribution in [3.05, 3.63) is 12.2 Å². The topological polar surface area (TPSA) is 65.0 Å². The summed E-state index contributed by atoms with van der Waals surface area (Å²) < 4.78 is 81.6. The number of alkyl halides is 5. The minimum absolute atomic E-state index is 0.0482. The minimum Gasteiger partial charge on any atom is -0.462 e. The highest BCUT2D eigenvalue weighted by atomic mass is 19.4. The van der Waals surface area contributed by atoms with E-state index < -0.39 is 49.1 Å². The summed E-state index contributed by atoms with van der Waals surface area (Å²) in [5.74, 6) is -10.2. The first-order chi connectivity index (χ1) is 11.4. The first-order valence-corrected chi connectivity index (χ1v) is 7.64. The van der Waals surface area contributed by atoms with Crippen LogP contribution in [-0.2, 0) is 19.0 Å². The molecule has 144 valence electrons. The molecule has 0 aromatic rings. The zero-order chi connectivity index (χ0) is 19.1. The number of esters is 1. The van der Waals surface area contributed by atoms with E-state index >= 15 is 0 Å². The lowest BCUT2D eigenvalue weighted by Gasteiger charge is -2.53. The van der Waals surface area contributed by atoms with Gasteiger partial charge in [0.1, 0.15) is 5.60 Å². The molecule has 1 atom stereocenters. The minimum atomic E-state index is -5.68. The number of aliphatic hydroxyl groups is 1. The first-order valence-electron chi connectivity index (χ1n) is 7.64. The number of hydrogen-bond acceptors (Lipinski definition) is 5. The van der Waals surface area contributed by atoms with Gasteiger partial charge in [-0.05, 0) is 38.5 Å². The summed E-state index contributed by atoms with van der Waals surface area (Å²) in [6.07, 6.45) is -6.45. The van der Waals surface area contributed by atoms with Crippen LogP contribution >= 0.6 is 0 Å². The number of carbonyl (C=O) groups is 1. The Morgan fingerprint density at radius 2 is 1.84 bits per heavy atom. The van der Waals surface area contributed by atoms with Gasteiger partial charge in [0.25, 0.3) is 0 Å². The van der Waals surface area contributed by atoms with E-state index in [1.54, 1.807) is 0 Å². The molecule has 10 heteroatoms. The molecular formula is C15H19F5O5. The summed E-state index contributed by atoms with van der Waals surface area (Å²) in [7, 11) is 0. The van der Waals surface area contributed by atoms with Gasteiger partial charge in [0.05, 0.1) is 6.61 Å². The standard InChI is InChI=1S/C15H19F5O5/c1-9(2)11(21)23-7-10-3-5-12(6-4-10)13(16,17)14(22,15(18,19)20)25-8-24-12/h10,22H,1,3-8H2,2H3. The molecule has 2 aliphatic rings. The van der Waals surface area contributed by atoms with E-state index in [1.165, 1.54) is 6.92 Å². The zero-order valence-corrected chi connectivity index (χ0v) is 13.5. The van der Waals surface area contributed by atoms with Crippen LogP contribution in [0.15, 0.2) is 12.2 Å². The van der Waals surface area contributed by atoms with E-state index in [-0.39, 0.29) is 30.9 Å². The second-order valence-electron chi connectivity index (χ2n) is 6.44. The second kappa shape index (κ2) is 6.48. The van der Waals surface area contributed by atoms with Crippen LogP contribution in [0.4, 0.5) is 22.0 Å². The Morgan fingerprint density at radius 3 is 2.32 bits per heavy atom. The van der Waals surface area contributed by atoms with Crippen molar-refractivity contribution >= 4 is 5.97 Å². The molecule has 0 bridgehead atoms. The highest BCUT2D eigenvalue weighted by Gasteiger charge is 2.80. The van der Waals surface area contributed by atoms with Gasteiger partial charge < -0.3 is 19.3 Å². The van der Waals surface area contributed by atoms with Crippen molar-refractivity contribution in [2.45, 2.75) is 56.1 Å². The summed E-state index contributed by atoms with van der Waals surface area (Å²) in [6, 6.07) is 0. The summed E-state index contributed by atoms with van der Waals surface area (Å²) >= 11 is 0. The van der Waals surface area contributed by atoms with E-state index in [0.717, 1.165) is 0 Å². The van der Waals surface area contributed by atoms with Crippen molar-refractivity contribution in [3.63, 3.8) is 0 Å². The summed E-state index contributed by atoms with van der Waals surface area (Å²) in [6.45, 7) is 3.71. The molecule has 1 N–H and O–H groups in total. The fourth-order valence-electron chi connectivity index (χ4n) is 3.06. The maximum Gasteiger partial charge on any atom is 0.449 e. The maximum atomic E-state index is 14.5. The molecule has 1 saturated carbocycles. The molecule has 2 fully saturated rings. The molecule has 2 rings (SSSR count). The lowest BCUT2D eigenvalue weighted by Crippen LogP contribution is -2.74. The molecule has 0 radical (unpaired) electrons. The monoisotopic (exact) mass is 374 g/mol. The fraction of sp³-hybridized carbons (Fsp3) is 0.800. The Kier molecular flexibility index (Phi) is 5.20. The van der Waals surface area contributed by atoms with Gasteiger partial charge in [-0.25, -0.2) is 4.79 Å². The van der Waals surface area contributed by atoms with Gasteiger partial charge in [-0.3, -0.25) is 0 Å². The molecule has 25 heavy (non-hydrogen) atoms. The molecule has 1 spiro atoms. The third-order valence-electron chi connectivity index (χ3n) is 4.70. The molecule has 1 aliphatic carbocycles. The van der Waals surface area contributed by atoms with E-state index in [2.05, 4.69) is 11.3 Å². The van der Waals surface area contributed by atoms with Crippen LogP contribution in [0.1, 0.15) is 32.6 Å². The summed E-state index contributed by atoms with van der Waals surface area (Å²) in [5, 5.41) is 9.50. The van der Waals surface area contributed by atoms with Crippen LogP contribution in [0, 0.1) is 5.92 Å². The molecule has 0 amide bonds. The van der Waals surface area contributed by atoms with Crippen LogP contribution in [0.3, 0.4) is 0 Å². The summed E-state index contributed by atoms with van der Waals surface area (Å²) in [5.41, 5.74) is -2.30. The molecular weight excluding hydrogens is 355 g/mol. The predicted octanol–water partition coefficient (Wildman–Crippen LogP) is 2.93. The lowest BCUT2D eigenvalue weighted by molar-refractivity contribution is -0.504. The number of carbonyl (C=O) groups excluding carboxylic acids is 1. The number of hydrogen-bond donors (Lipinski definition) is 1. The average Bonchev–Trinajstić information content (AvgIpc) is 2.51. The smallest absolute Gasteiger partial charge is 0.449 e. The van der Waals surface area contributed by atoms with Gasteiger partial charge in [-0.1, -0.05) is 6.58 Å². The molecule has 1 saturated heterocycles. The highest BCUT2D eigenvalue weighted by Crippen LogP contribution is 2.56. The molecule has 0 aromatic carbocycles. The number of ether oxygens (including phenoxy) is 3. The predicted molar refractivity (Wildman–Crippen MR) is 73.5 cm³/mol. The fourth-order valence-corrected chi connectivity index (χ4v) is 3.06. The van der Waals surface area contributed by atoms with Crippen LogP contribution in [0.2, 0.25) is 0 Å². The Hall–Kier alpha value is -1.26. The molecule has 1 unspecified atom stereocenters. The van der Waals surface area contributed by atoms with Crippen LogP contribution < -0.4 is 0 Å². The third kappa shape index (κ3) is 3.26. The Labute approximate surface area is 140 Å². The quantitative estimate of drug-likeness (QED) is 0.468. The number of halogens is 5. The van der Waals surface area contributed by atoms with Gasteiger partial charge in [-0.15, -0.1) is 0 Å². The largest absolute Gasteiger partial charge is 0.462 e. The Bertz CT molecular complexity index is 539. The molecule has 0 aromatic heterocycles. The van der Waals surface area contributed by atoms with Crippen LogP contribution in [0.25, 0.3) is 0 Å². The van der Waals surface area contributed by atoms with Crippen LogP contribution in [0.5, 0.6) is 0 Å². The van der Waals surface area contributed by atoms with Crippen molar-refractivity contribution in [2.24, 2.45) is 5.92 Å². The maximum absolute atomic E-state index is 14.5. The third-order valence-corrected chi connectivity index (χ3v) is 4.70. The SMILES string of the molecule is C=C(C)C(=O)OCC1CCC2(CC1)OCOC(O)(C(F)(F)F)C2(F)F.